The lowest BCUT2D eigenvalue weighted by Gasteiger charge is -2.31. The summed E-state index contributed by atoms with van der Waals surface area (Å²) in [5.74, 6) is 2.07. The molecule has 204 valence electrons. The maximum atomic E-state index is 15.2. The van der Waals surface area contributed by atoms with Crippen LogP contribution in [0.3, 0.4) is 0 Å². The van der Waals surface area contributed by atoms with Crippen molar-refractivity contribution in [1.29, 1.82) is 0 Å². The average molecular weight is 528 g/mol. The fraction of sp³-hybridized carbons (Fsp3) is 0.353. The quantitative estimate of drug-likeness (QED) is 0.287. The van der Waals surface area contributed by atoms with Crippen LogP contribution in [0.15, 0.2) is 73.3 Å². The summed E-state index contributed by atoms with van der Waals surface area (Å²) in [5.41, 5.74) is 4.80. The number of phenolic OH excluding ortho intramolecular Hbond substituents is 1. The van der Waals surface area contributed by atoms with E-state index in [0.29, 0.717) is 24.0 Å². The van der Waals surface area contributed by atoms with E-state index in [1.165, 1.54) is 18.9 Å². The fourth-order valence-corrected chi connectivity index (χ4v) is 5.78. The summed E-state index contributed by atoms with van der Waals surface area (Å²) in [6.45, 7) is 12.9. The molecule has 1 fully saturated rings. The second-order valence-electron chi connectivity index (χ2n) is 10.9. The number of hydrogen-bond donors (Lipinski definition) is 1. The number of nitrogens with zero attached hydrogens (tertiary/aromatic N) is 1. The highest BCUT2D eigenvalue weighted by Crippen LogP contribution is 2.48. The number of aryl methyl sites for hydroxylation is 1. The van der Waals surface area contributed by atoms with Crippen molar-refractivity contribution >= 4 is 11.1 Å². The van der Waals surface area contributed by atoms with Crippen molar-refractivity contribution in [2.24, 2.45) is 5.92 Å². The molecule has 0 amide bonds. The van der Waals surface area contributed by atoms with Crippen molar-refractivity contribution in [1.82, 2.24) is 4.90 Å². The number of allylic oxidation sites excluding steroid dienone is 2. The van der Waals surface area contributed by atoms with E-state index in [1.54, 1.807) is 24.3 Å². The molecule has 0 radical (unpaired) electrons. The van der Waals surface area contributed by atoms with Crippen LogP contribution in [-0.2, 0) is 0 Å². The lowest BCUT2D eigenvalue weighted by molar-refractivity contribution is 0.167. The Hall–Kier alpha value is -3.57. The van der Waals surface area contributed by atoms with Crippen molar-refractivity contribution in [2.75, 3.05) is 19.7 Å². The van der Waals surface area contributed by atoms with Gasteiger partial charge in [-0.25, -0.2) is 4.39 Å². The van der Waals surface area contributed by atoms with Gasteiger partial charge >= 0.3 is 0 Å². The molecule has 5 rings (SSSR count). The molecule has 3 atom stereocenters. The third kappa shape index (κ3) is 5.89. The molecule has 1 unspecified atom stereocenters. The highest BCUT2D eigenvalue weighted by atomic mass is 19.1. The molecular weight excluding hydrogens is 489 g/mol. The van der Waals surface area contributed by atoms with Gasteiger partial charge in [0, 0.05) is 29.3 Å². The van der Waals surface area contributed by atoms with Gasteiger partial charge in [-0.05, 0) is 106 Å². The van der Waals surface area contributed by atoms with Crippen LogP contribution in [0.2, 0.25) is 0 Å². The van der Waals surface area contributed by atoms with E-state index in [1.807, 2.05) is 50.3 Å². The van der Waals surface area contributed by atoms with Gasteiger partial charge in [-0.15, -0.1) is 6.58 Å². The minimum absolute atomic E-state index is 0.149. The number of aromatic hydroxyl groups is 1. The molecule has 1 saturated heterocycles. The zero-order valence-corrected chi connectivity index (χ0v) is 23.1. The summed E-state index contributed by atoms with van der Waals surface area (Å²) in [7, 11) is 0. The molecule has 3 aromatic rings. The minimum atomic E-state index is -0.497. The van der Waals surface area contributed by atoms with Gasteiger partial charge in [-0.1, -0.05) is 29.8 Å². The molecule has 2 aliphatic heterocycles. The molecule has 1 N–H and O–H groups in total. The number of fused-ring (bicyclic) bond motifs is 1. The second-order valence-corrected chi connectivity index (χ2v) is 10.9. The number of rotatable bonds is 9. The second kappa shape index (κ2) is 11.7. The predicted octanol–water partition coefficient (Wildman–Crippen LogP) is 7.96. The van der Waals surface area contributed by atoms with Crippen LogP contribution in [0.1, 0.15) is 61.5 Å². The van der Waals surface area contributed by atoms with Crippen LogP contribution < -0.4 is 9.47 Å². The maximum absolute atomic E-state index is 15.2. The zero-order chi connectivity index (χ0) is 27.5. The predicted molar refractivity (Wildman–Crippen MR) is 156 cm³/mol. The normalized spacial score (nSPS) is 19.9. The minimum Gasteiger partial charge on any atom is -0.508 e. The van der Waals surface area contributed by atoms with Crippen LogP contribution in [0, 0.1) is 18.7 Å². The van der Waals surface area contributed by atoms with Gasteiger partial charge in [0.15, 0.2) is 0 Å². The Bertz CT molecular complexity index is 1360. The van der Waals surface area contributed by atoms with Gasteiger partial charge in [0.25, 0.3) is 0 Å². The molecule has 39 heavy (non-hydrogen) atoms. The molecular formula is C34H38FNO3. The van der Waals surface area contributed by atoms with E-state index >= 15 is 4.39 Å². The number of ether oxygens (including phenoxy) is 2. The van der Waals surface area contributed by atoms with Crippen LogP contribution in [0.4, 0.5) is 4.39 Å². The Labute approximate surface area is 231 Å². The Morgan fingerprint density at radius 3 is 2.67 bits per heavy atom. The number of benzene rings is 3. The maximum Gasteiger partial charge on any atom is 0.150 e. The summed E-state index contributed by atoms with van der Waals surface area (Å²) in [4.78, 5) is 2.52. The van der Waals surface area contributed by atoms with Gasteiger partial charge in [-0.3, -0.25) is 4.90 Å². The highest BCUT2D eigenvalue weighted by molar-refractivity contribution is 5.96. The summed E-state index contributed by atoms with van der Waals surface area (Å²) in [6.07, 6.45) is 5.06. The lowest BCUT2D eigenvalue weighted by atomic mass is 9.85. The molecule has 3 aromatic carbocycles. The van der Waals surface area contributed by atoms with E-state index < -0.39 is 6.10 Å². The van der Waals surface area contributed by atoms with E-state index in [0.717, 1.165) is 59.0 Å². The van der Waals surface area contributed by atoms with Crippen molar-refractivity contribution in [3.8, 4) is 17.2 Å². The first-order valence-corrected chi connectivity index (χ1v) is 13.9. The average Bonchev–Trinajstić information content (AvgIpc) is 3.42. The Morgan fingerprint density at radius 1 is 1.10 bits per heavy atom. The molecule has 0 saturated carbocycles. The van der Waals surface area contributed by atoms with Crippen molar-refractivity contribution in [3.05, 3.63) is 101 Å². The summed E-state index contributed by atoms with van der Waals surface area (Å²) < 4.78 is 27.8. The van der Waals surface area contributed by atoms with Gasteiger partial charge in [0.05, 0.1) is 0 Å². The lowest BCUT2D eigenvalue weighted by Crippen LogP contribution is -2.35. The van der Waals surface area contributed by atoms with Gasteiger partial charge < -0.3 is 14.6 Å². The van der Waals surface area contributed by atoms with Crippen LogP contribution in [0.5, 0.6) is 17.2 Å². The molecule has 0 aliphatic carbocycles. The van der Waals surface area contributed by atoms with Crippen LogP contribution in [0.25, 0.3) is 11.1 Å². The monoisotopic (exact) mass is 527 g/mol. The topological polar surface area (TPSA) is 41.9 Å². The first-order chi connectivity index (χ1) is 18.8. The van der Waals surface area contributed by atoms with Gasteiger partial charge in [0.1, 0.15) is 35.8 Å². The number of phenols is 1. The highest BCUT2D eigenvalue weighted by Gasteiger charge is 2.31. The van der Waals surface area contributed by atoms with Gasteiger partial charge in [0.2, 0.25) is 0 Å². The van der Waals surface area contributed by atoms with Crippen molar-refractivity contribution in [3.63, 3.8) is 0 Å². The molecule has 2 aliphatic rings. The third-order valence-corrected chi connectivity index (χ3v) is 8.08. The van der Waals surface area contributed by atoms with E-state index in [2.05, 4.69) is 18.4 Å². The Morgan fingerprint density at radius 2 is 1.90 bits per heavy atom. The van der Waals surface area contributed by atoms with Gasteiger partial charge in [-0.2, -0.15) is 0 Å². The Kier molecular flexibility index (Phi) is 8.08. The largest absolute Gasteiger partial charge is 0.508 e. The van der Waals surface area contributed by atoms with Crippen LogP contribution >= 0.6 is 0 Å². The molecule has 0 aromatic heterocycles. The third-order valence-electron chi connectivity index (χ3n) is 8.08. The van der Waals surface area contributed by atoms with E-state index in [-0.39, 0.29) is 11.6 Å². The van der Waals surface area contributed by atoms with Crippen molar-refractivity contribution < 1.29 is 19.0 Å². The molecule has 4 nitrogen and oxygen atoms in total. The molecule has 0 bridgehead atoms. The molecule has 2 heterocycles. The number of likely N-dealkylation sites (tertiary alicyclic amines) is 1. The fourth-order valence-electron chi connectivity index (χ4n) is 5.78. The number of halogens is 1. The van der Waals surface area contributed by atoms with E-state index in [9.17, 15) is 5.11 Å². The zero-order valence-electron chi connectivity index (χ0n) is 23.1. The summed E-state index contributed by atoms with van der Waals surface area (Å²) >= 11 is 0. The first-order valence-electron chi connectivity index (χ1n) is 13.9. The number of hydrogen-bond acceptors (Lipinski definition) is 4. The summed E-state index contributed by atoms with van der Waals surface area (Å²) in [5, 5.41) is 10.1. The van der Waals surface area contributed by atoms with Crippen molar-refractivity contribution in [2.45, 2.75) is 52.2 Å². The standard InChI is InChI=1S/C34H38FNO3/c1-5-6-7-25-16-17-36(20-25)23(3)21-38-28-12-9-26(10-13-28)34-33(30-18-22(2)8-14-31(30)35)24(4)29-19-27(37)11-15-32(29)39-34/h5,8-15,18-19,23,25,34,37H,1,6-7,16-17,20-21H2,2-4H3/t23-,25+,34?/m0/s1. The van der Waals surface area contributed by atoms with E-state index in [4.69, 9.17) is 9.47 Å². The molecule has 5 heteroatoms. The molecule has 0 spiro atoms. The first kappa shape index (κ1) is 27.0. The summed E-state index contributed by atoms with van der Waals surface area (Å²) in [6, 6.07) is 18.5. The Balaban J connectivity index is 1.35. The SMILES string of the molecule is C=CCC[C@@H]1CCN([C@@H](C)COc2ccc(C3Oc4ccc(O)cc4C(C)=C3c3cc(C)ccc3F)cc2)C1. The van der Waals surface area contributed by atoms with Crippen LogP contribution in [-0.4, -0.2) is 35.7 Å². The smallest absolute Gasteiger partial charge is 0.150 e.